The highest BCUT2D eigenvalue weighted by Gasteiger charge is 2.30. The van der Waals surface area contributed by atoms with Crippen molar-refractivity contribution in [3.8, 4) is 0 Å². The fraction of sp³-hybridized carbons (Fsp3) is 0.786. The Morgan fingerprint density at radius 1 is 1.14 bits per heavy atom. The molecule has 0 aromatic heterocycles. The molecule has 0 radical (unpaired) electrons. The first-order valence-corrected chi connectivity index (χ1v) is 8.68. The maximum Gasteiger partial charge on any atom is 0.330 e. The summed E-state index contributed by atoms with van der Waals surface area (Å²) in [5.74, 6) is 0.0852. The predicted octanol–water partition coefficient (Wildman–Crippen LogP) is 1.66. The molecule has 122 valence electrons. The Labute approximate surface area is 126 Å². The van der Waals surface area contributed by atoms with Crippen LogP contribution < -0.4 is 0 Å². The number of esters is 1. The maximum atomic E-state index is 12.0. The van der Waals surface area contributed by atoms with E-state index in [0.717, 1.165) is 18.9 Å². The molecule has 1 saturated carbocycles. The molecule has 0 aromatic carbocycles. The summed E-state index contributed by atoms with van der Waals surface area (Å²) in [6.45, 7) is 5.84. The molecular weight excluding hydrogens is 296 g/mol. The lowest BCUT2D eigenvalue weighted by atomic mass is 9.91. The fourth-order valence-electron chi connectivity index (χ4n) is 2.19. The van der Waals surface area contributed by atoms with Gasteiger partial charge in [-0.05, 0) is 31.6 Å². The maximum absolute atomic E-state index is 12.0. The second kappa shape index (κ2) is 9.17. The zero-order chi connectivity index (χ0) is 15.7. The van der Waals surface area contributed by atoms with Crippen molar-refractivity contribution in [2.75, 3.05) is 26.4 Å². The summed E-state index contributed by atoms with van der Waals surface area (Å²) in [5.41, 5.74) is 0. The second-order valence-corrected chi connectivity index (χ2v) is 7.07. The number of hydrogen-bond acceptors (Lipinski definition) is 6. The molecule has 0 bridgehead atoms. The van der Waals surface area contributed by atoms with Gasteiger partial charge in [-0.1, -0.05) is 13.5 Å². The van der Waals surface area contributed by atoms with Gasteiger partial charge in [0, 0.05) is 6.08 Å². The number of hydrogen-bond donors (Lipinski definition) is 0. The summed E-state index contributed by atoms with van der Waals surface area (Å²) < 4.78 is 38.7. The quantitative estimate of drug-likeness (QED) is 0.278. The molecule has 7 heteroatoms. The van der Waals surface area contributed by atoms with Crippen LogP contribution in [0.25, 0.3) is 0 Å². The van der Waals surface area contributed by atoms with Crippen molar-refractivity contribution >= 4 is 16.1 Å². The lowest BCUT2D eigenvalue weighted by molar-refractivity contribution is -0.139. The van der Waals surface area contributed by atoms with Gasteiger partial charge in [0.15, 0.2) is 0 Å². The van der Waals surface area contributed by atoms with Crippen molar-refractivity contribution < 1.29 is 26.9 Å². The summed E-state index contributed by atoms with van der Waals surface area (Å²) in [4.78, 5) is 10.7. The Morgan fingerprint density at radius 2 is 1.76 bits per heavy atom. The lowest BCUT2D eigenvalue weighted by Crippen LogP contribution is -2.29. The zero-order valence-corrected chi connectivity index (χ0v) is 13.3. The van der Waals surface area contributed by atoms with Crippen molar-refractivity contribution in [3.05, 3.63) is 12.7 Å². The van der Waals surface area contributed by atoms with Crippen molar-refractivity contribution in [2.45, 2.75) is 37.9 Å². The minimum Gasteiger partial charge on any atom is -0.460 e. The normalized spacial score (nSPS) is 22.7. The highest BCUT2D eigenvalue weighted by Crippen LogP contribution is 2.28. The SMILES string of the molecule is C=CC(=O)OCCOCCOS(=O)(=O)C1CCC(C)CC1. The fourth-order valence-corrected chi connectivity index (χ4v) is 3.53. The number of ether oxygens (including phenoxy) is 2. The number of rotatable bonds is 9. The Kier molecular flexibility index (Phi) is 7.92. The van der Waals surface area contributed by atoms with Crippen molar-refractivity contribution in [3.63, 3.8) is 0 Å². The average molecular weight is 320 g/mol. The van der Waals surface area contributed by atoms with Crippen LogP contribution in [-0.4, -0.2) is 46.1 Å². The van der Waals surface area contributed by atoms with E-state index < -0.39 is 16.1 Å². The molecule has 0 saturated heterocycles. The number of carbonyl (C=O) groups is 1. The van der Waals surface area contributed by atoms with Crippen LogP contribution in [0.3, 0.4) is 0 Å². The first-order valence-electron chi connectivity index (χ1n) is 7.21. The Morgan fingerprint density at radius 3 is 2.38 bits per heavy atom. The third-order valence-electron chi connectivity index (χ3n) is 3.49. The van der Waals surface area contributed by atoms with Crippen LogP contribution in [0.5, 0.6) is 0 Å². The Balaban J connectivity index is 2.11. The summed E-state index contributed by atoms with van der Waals surface area (Å²) in [6.07, 6.45) is 4.27. The minimum atomic E-state index is -3.50. The molecule has 1 fully saturated rings. The van der Waals surface area contributed by atoms with E-state index in [1.807, 2.05) is 0 Å². The van der Waals surface area contributed by atoms with Gasteiger partial charge in [-0.2, -0.15) is 8.42 Å². The predicted molar refractivity (Wildman–Crippen MR) is 78.3 cm³/mol. The van der Waals surface area contributed by atoms with Gasteiger partial charge in [0.2, 0.25) is 0 Å². The van der Waals surface area contributed by atoms with Gasteiger partial charge in [-0.15, -0.1) is 0 Å². The molecule has 0 spiro atoms. The first kappa shape index (κ1) is 18.1. The summed E-state index contributed by atoms with van der Waals surface area (Å²) >= 11 is 0. The molecule has 1 rings (SSSR count). The molecule has 0 aliphatic heterocycles. The minimum absolute atomic E-state index is 0.0101. The third-order valence-corrected chi connectivity index (χ3v) is 5.27. The Bertz CT molecular complexity index is 423. The molecule has 21 heavy (non-hydrogen) atoms. The monoisotopic (exact) mass is 320 g/mol. The average Bonchev–Trinajstić information content (AvgIpc) is 2.46. The van der Waals surface area contributed by atoms with E-state index in [0.29, 0.717) is 18.8 Å². The molecule has 6 nitrogen and oxygen atoms in total. The summed E-state index contributed by atoms with van der Waals surface area (Å²) in [5, 5.41) is -0.387. The van der Waals surface area contributed by atoms with Crippen molar-refractivity contribution in [1.82, 2.24) is 0 Å². The van der Waals surface area contributed by atoms with Gasteiger partial charge in [0.1, 0.15) is 6.61 Å². The zero-order valence-electron chi connectivity index (χ0n) is 12.5. The smallest absolute Gasteiger partial charge is 0.330 e. The van der Waals surface area contributed by atoms with E-state index in [2.05, 4.69) is 13.5 Å². The first-order chi connectivity index (χ1) is 9.95. The van der Waals surface area contributed by atoms with Gasteiger partial charge in [0.05, 0.1) is 25.1 Å². The van der Waals surface area contributed by atoms with Crippen molar-refractivity contribution in [2.24, 2.45) is 5.92 Å². The molecule has 1 aliphatic rings. The van der Waals surface area contributed by atoms with E-state index in [1.165, 1.54) is 0 Å². The van der Waals surface area contributed by atoms with Crippen molar-refractivity contribution in [1.29, 1.82) is 0 Å². The Hall–Kier alpha value is -0.920. The van der Waals surface area contributed by atoms with E-state index >= 15 is 0 Å². The summed E-state index contributed by atoms with van der Waals surface area (Å²) in [7, 11) is -3.50. The van der Waals surface area contributed by atoms with Crippen LogP contribution in [-0.2, 0) is 28.6 Å². The van der Waals surface area contributed by atoms with Crippen LogP contribution in [0.2, 0.25) is 0 Å². The molecule has 0 N–H and O–H groups in total. The molecule has 0 heterocycles. The largest absolute Gasteiger partial charge is 0.460 e. The standard InChI is InChI=1S/C14H24O6S/c1-3-14(15)19-10-8-18-9-11-20-21(16,17)13-6-4-12(2)5-7-13/h3,12-13H,1,4-11H2,2H3. The van der Waals surface area contributed by atoms with Gasteiger partial charge < -0.3 is 9.47 Å². The molecular formula is C14H24O6S. The van der Waals surface area contributed by atoms with Crippen LogP contribution in [0.15, 0.2) is 12.7 Å². The topological polar surface area (TPSA) is 78.9 Å². The molecule has 0 amide bonds. The summed E-state index contributed by atoms with van der Waals surface area (Å²) in [6, 6.07) is 0. The molecule has 0 aromatic rings. The number of carbonyl (C=O) groups excluding carboxylic acids is 1. The van der Waals surface area contributed by atoms with E-state index in [1.54, 1.807) is 0 Å². The highest BCUT2D eigenvalue weighted by molar-refractivity contribution is 7.87. The van der Waals surface area contributed by atoms with E-state index in [4.69, 9.17) is 13.7 Å². The second-order valence-electron chi connectivity index (χ2n) is 5.18. The van der Waals surface area contributed by atoms with Crippen LogP contribution in [0, 0.1) is 5.92 Å². The van der Waals surface area contributed by atoms with Gasteiger partial charge in [0.25, 0.3) is 10.1 Å². The molecule has 0 atom stereocenters. The van der Waals surface area contributed by atoms with Crippen LogP contribution >= 0.6 is 0 Å². The van der Waals surface area contributed by atoms with Gasteiger partial charge in [-0.3, -0.25) is 4.18 Å². The van der Waals surface area contributed by atoms with Crippen LogP contribution in [0.1, 0.15) is 32.6 Å². The third kappa shape index (κ3) is 7.06. The van der Waals surface area contributed by atoms with E-state index in [-0.39, 0.29) is 31.7 Å². The van der Waals surface area contributed by atoms with Gasteiger partial charge in [-0.25, -0.2) is 4.79 Å². The molecule has 1 aliphatic carbocycles. The van der Waals surface area contributed by atoms with Gasteiger partial charge >= 0.3 is 5.97 Å². The van der Waals surface area contributed by atoms with Crippen LogP contribution in [0.4, 0.5) is 0 Å². The highest BCUT2D eigenvalue weighted by atomic mass is 32.2. The molecule has 0 unspecified atom stereocenters. The van der Waals surface area contributed by atoms with E-state index in [9.17, 15) is 13.2 Å². The lowest BCUT2D eigenvalue weighted by Gasteiger charge is -2.25.